The van der Waals surface area contributed by atoms with E-state index in [1.54, 1.807) is 0 Å². The van der Waals surface area contributed by atoms with Gasteiger partial charge in [0, 0.05) is 41.7 Å². The van der Waals surface area contributed by atoms with Crippen molar-refractivity contribution in [3.05, 3.63) is 42.4 Å². The van der Waals surface area contributed by atoms with E-state index < -0.39 is 0 Å². The number of carbonyl (C=O) groups is 1. The predicted octanol–water partition coefficient (Wildman–Crippen LogP) is 3.88. The third-order valence-corrected chi connectivity index (χ3v) is 5.14. The lowest BCUT2D eigenvalue weighted by atomic mass is 10.1. The molecule has 0 saturated carbocycles. The summed E-state index contributed by atoms with van der Waals surface area (Å²) in [5, 5.41) is 2.02. The number of fused-ring (bicyclic) bond motifs is 2. The van der Waals surface area contributed by atoms with Gasteiger partial charge in [-0.05, 0) is 32.4 Å². The van der Waals surface area contributed by atoms with E-state index in [0.29, 0.717) is 18.7 Å². The molecule has 27 heavy (non-hydrogen) atoms. The van der Waals surface area contributed by atoms with Crippen LogP contribution in [0.1, 0.15) is 32.0 Å². The fourth-order valence-corrected chi connectivity index (χ4v) is 4.01. The SMILES string of the molecule is CC(C)n1c(CCC=O)c(-c2cc3ccccc3n2C)c2c(N)ncnc21. The summed E-state index contributed by atoms with van der Waals surface area (Å²) in [6.07, 6.45) is 3.55. The molecule has 2 N–H and O–H groups in total. The van der Waals surface area contributed by atoms with E-state index in [4.69, 9.17) is 5.73 Å². The number of anilines is 1. The Morgan fingerprint density at radius 3 is 2.70 bits per heavy atom. The highest BCUT2D eigenvalue weighted by Gasteiger charge is 2.25. The van der Waals surface area contributed by atoms with Crippen molar-refractivity contribution in [2.45, 2.75) is 32.7 Å². The number of hydrogen-bond acceptors (Lipinski definition) is 4. The summed E-state index contributed by atoms with van der Waals surface area (Å²) in [5.41, 5.74) is 11.4. The van der Waals surface area contributed by atoms with Crippen LogP contribution in [-0.2, 0) is 18.3 Å². The third-order valence-electron chi connectivity index (χ3n) is 5.14. The maximum atomic E-state index is 11.1. The number of aromatic nitrogens is 4. The second-order valence-electron chi connectivity index (χ2n) is 7.10. The number of nitrogens with two attached hydrogens (primary N) is 1. The third kappa shape index (κ3) is 2.60. The zero-order valence-corrected chi connectivity index (χ0v) is 15.8. The average molecular weight is 361 g/mol. The van der Waals surface area contributed by atoms with Crippen molar-refractivity contribution in [3.8, 4) is 11.3 Å². The molecule has 0 atom stereocenters. The lowest BCUT2D eigenvalue weighted by molar-refractivity contribution is -0.107. The van der Waals surface area contributed by atoms with E-state index in [2.05, 4.69) is 58.2 Å². The summed E-state index contributed by atoms with van der Waals surface area (Å²) in [6, 6.07) is 10.6. The van der Waals surface area contributed by atoms with Crippen LogP contribution in [0.25, 0.3) is 33.2 Å². The van der Waals surface area contributed by atoms with Gasteiger partial charge in [-0.1, -0.05) is 18.2 Å². The van der Waals surface area contributed by atoms with E-state index in [0.717, 1.165) is 45.2 Å². The molecule has 3 aromatic heterocycles. The van der Waals surface area contributed by atoms with Crippen molar-refractivity contribution in [2.75, 3.05) is 5.73 Å². The lowest BCUT2D eigenvalue weighted by Gasteiger charge is -2.15. The highest BCUT2D eigenvalue weighted by molar-refractivity contribution is 6.04. The number of nitrogen functional groups attached to an aromatic ring is 1. The van der Waals surface area contributed by atoms with E-state index in [1.807, 2.05) is 12.1 Å². The minimum Gasteiger partial charge on any atom is -0.383 e. The van der Waals surface area contributed by atoms with E-state index in [9.17, 15) is 4.79 Å². The van der Waals surface area contributed by atoms with Crippen LogP contribution >= 0.6 is 0 Å². The Hall–Kier alpha value is -3.15. The molecule has 0 unspecified atom stereocenters. The van der Waals surface area contributed by atoms with Gasteiger partial charge in [-0.15, -0.1) is 0 Å². The number of hydrogen-bond donors (Lipinski definition) is 1. The maximum absolute atomic E-state index is 11.1. The number of rotatable bonds is 5. The van der Waals surface area contributed by atoms with Crippen LogP contribution in [0.4, 0.5) is 5.82 Å². The van der Waals surface area contributed by atoms with Gasteiger partial charge in [-0.25, -0.2) is 9.97 Å². The topological polar surface area (TPSA) is 78.7 Å². The molecule has 0 aliphatic heterocycles. The van der Waals surface area contributed by atoms with Crippen molar-refractivity contribution < 1.29 is 4.79 Å². The number of para-hydroxylation sites is 1. The molecule has 6 nitrogen and oxygen atoms in total. The highest BCUT2D eigenvalue weighted by atomic mass is 16.1. The largest absolute Gasteiger partial charge is 0.383 e. The lowest BCUT2D eigenvalue weighted by Crippen LogP contribution is -2.08. The second-order valence-corrected chi connectivity index (χ2v) is 7.10. The molecule has 6 heteroatoms. The summed E-state index contributed by atoms with van der Waals surface area (Å²) in [6.45, 7) is 4.24. The molecule has 0 aliphatic carbocycles. The quantitative estimate of drug-likeness (QED) is 0.547. The Morgan fingerprint density at radius 2 is 2.00 bits per heavy atom. The fourth-order valence-electron chi connectivity index (χ4n) is 4.01. The van der Waals surface area contributed by atoms with Crippen LogP contribution in [0.2, 0.25) is 0 Å². The first kappa shape index (κ1) is 17.3. The van der Waals surface area contributed by atoms with Gasteiger partial charge in [0.25, 0.3) is 0 Å². The van der Waals surface area contributed by atoms with Gasteiger partial charge in [-0.2, -0.15) is 0 Å². The highest BCUT2D eigenvalue weighted by Crippen LogP contribution is 2.40. The Morgan fingerprint density at radius 1 is 1.22 bits per heavy atom. The number of benzene rings is 1. The molecule has 0 amide bonds. The Balaban J connectivity index is 2.14. The Bertz CT molecular complexity index is 1150. The first-order valence-electron chi connectivity index (χ1n) is 9.16. The molecule has 0 saturated heterocycles. The van der Waals surface area contributed by atoms with Crippen LogP contribution in [0, 0.1) is 0 Å². The van der Waals surface area contributed by atoms with E-state index in [-0.39, 0.29) is 6.04 Å². The molecule has 0 aliphatic rings. The predicted molar refractivity (Wildman–Crippen MR) is 109 cm³/mol. The molecule has 0 bridgehead atoms. The van der Waals surface area contributed by atoms with Crippen molar-refractivity contribution in [3.63, 3.8) is 0 Å². The Kier molecular flexibility index (Phi) is 4.18. The average Bonchev–Trinajstić information content (AvgIpc) is 3.16. The zero-order chi connectivity index (χ0) is 19.1. The molecule has 1 aromatic carbocycles. The fraction of sp³-hybridized carbons (Fsp3) is 0.286. The second kappa shape index (κ2) is 6.54. The van der Waals surface area contributed by atoms with Crippen molar-refractivity contribution in [1.82, 2.24) is 19.1 Å². The Labute approximate surface area is 157 Å². The van der Waals surface area contributed by atoms with Gasteiger partial charge in [0.1, 0.15) is 24.1 Å². The molecule has 4 aromatic rings. The van der Waals surface area contributed by atoms with Gasteiger partial charge in [0.2, 0.25) is 0 Å². The van der Waals surface area contributed by atoms with Gasteiger partial charge >= 0.3 is 0 Å². The van der Waals surface area contributed by atoms with Gasteiger partial charge in [-0.3, -0.25) is 0 Å². The normalized spacial score (nSPS) is 11.7. The number of aldehydes is 1. The zero-order valence-electron chi connectivity index (χ0n) is 15.8. The van der Waals surface area contributed by atoms with Crippen molar-refractivity contribution in [2.24, 2.45) is 7.05 Å². The summed E-state index contributed by atoms with van der Waals surface area (Å²) in [7, 11) is 2.06. The standard InChI is InChI=1S/C21H23N5O/c1-13(2)26-16(9-6-10-27)18(19-20(22)23-12-24-21(19)26)17-11-14-7-4-5-8-15(14)25(17)3/h4-5,7-8,10-13H,6,9H2,1-3H3,(H2,22,23,24). The van der Waals surface area contributed by atoms with Gasteiger partial charge in [0.05, 0.1) is 11.1 Å². The van der Waals surface area contributed by atoms with Crippen LogP contribution in [0.3, 0.4) is 0 Å². The molecular weight excluding hydrogens is 338 g/mol. The van der Waals surface area contributed by atoms with Crippen molar-refractivity contribution >= 4 is 34.0 Å². The monoisotopic (exact) mass is 361 g/mol. The minimum absolute atomic E-state index is 0.187. The van der Waals surface area contributed by atoms with E-state index >= 15 is 0 Å². The van der Waals surface area contributed by atoms with Gasteiger partial charge in [0.15, 0.2) is 0 Å². The van der Waals surface area contributed by atoms with Crippen LogP contribution in [-0.4, -0.2) is 25.4 Å². The minimum atomic E-state index is 0.187. The first-order chi connectivity index (χ1) is 13.0. The van der Waals surface area contributed by atoms with Crippen LogP contribution in [0.5, 0.6) is 0 Å². The smallest absolute Gasteiger partial charge is 0.146 e. The van der Waals surface area contributed by atoms with Crippen LogP contribution in [0.15, 0.2) is 36.7 Å². The molecule has 0 radical (unpaired) electrons. The molecule has 0 spiro atoms. The molecule has 4 rings (SSSR count). The van der Waals surface area contributed by atoms with E-state index in [1.165, 1.54) is 6.33 Å². The van der Waals surface area contributed by atoms with Gasteiger partial charge < -0.3 is 19.7 Å². The summed E-state index contributed by atoms with van der Waals surface area (Å²) in [5.74, 6) is 0.465. The maximum Gasteiger partial charge on any atom is 0.146 e. The van der Waals surface area contributed by atoms with Crippen molar-refractivity contribution in [1.29, 1.82) is 0 Å². The first-order valence-corrected chi connectivity index (χ1v) is 9.16. The number of carbonyl (C=O) groups excluding carboxylic acids is 1. The molecular formula is C21H23N5O. The number of nitrogens with zero attached hydrogens (tertiary/aromatic N) is 4. The molecule has 0 fully saturated rings. The molecule has 138 valence electrons. The molecule has 3 heterocycles. The summed E-state index contributed by atoms with van der Waals surface area (Å²) in [4.78, 5) is 19.9. The number of aryl methyl sites for hydroxylation is 1. The summed E-state index contributed by atoms with van der Waals surface area (Å²) >= 11 is 0. The summed E-state index contributed by atoms with van der Waals surface area (Å²) < 4.78 is 4.36. The van der Waals surface area contributed by atoms with Crippen LogP contribution < -0.4 is 5.73 Å².